The van der Waals surface area contributed by atoms with Gasteiger partial charge >= 0.3 is 0 Å². The fourth-order valence-electron chi connectivity index (χ4n) is 6.51. The largest absolute Gasteiger partial charge is 0.495 e. The van der Waals surface area contributed by atoms with Crippen LogP contribution in [0.15, 0.2) is 54.7 Å². The molecular formula is C37H40Cl2N6O5. The molecule has 13 heteroatoms. The molecule has 0 bridgehead atoms. The molecule has 2 aliphatic rings. The first kappa shape index (κ1) is 35.5. The summed E-state index contributed by atoms with van der Waals surface area (Å²) in [5, 5.41) is 25.1. The Morgan fingerprint density at radius 2 is 1.62 bits per heavy atom. The number of halogens is 2. The number of unbranched alkanes of at least 4 members (excludes halogenated alkanes) is 1. The highest BCUT2D eigenvalue weighted by atomic mass is 35.5. The van der Waals surface area contributed by atoms with Crippen LogP contribution in [-0.4, -0.2) is 97.3 Å². The molecule has 1 amide bonds. The van der Waals surface area contributed by atoms with Crippen molar-refractivity contribution in [2.24, 2.45) is 0 Å². The second kappa shape index (κ2) is 16.1. The monoisotopic (exact) mass is 718 g/mol. The van der Waals surface area contributed by atoms with Gasteiger partial charge in [0.1, 0.15) is 11.8 Å². The van der Waals surface area contributed by atoms with E-state index in [0.717, 1.165) is 58.5 Å². The lowest BCUT2D eigenvalue weighted by molar-refractivity contribution is 0.0165. The number of hydrogen-bond donors (Lipinski definition) is 2. The van der Waals surface area contributed by atoms with Gasteiger partial charge in [0.05, 0.1) is 53.3 Å². The van der Waals surface area contributed by atoms with E-state index in [1.807, 2.05) is 30.3 Å². The minimum Gasteiger partial charge on any atom is -0.495 e. The number of ether oxygens (including phenoxy) is 3. The number of pyridine rings is 1. The van der Waals surface area contributed by atoms with Crippen LogP contribution in [0.2, 0.25) is 10.0 Å². The van der Waals surface area contributed by atoms with Gasteiger partial charge in [-0.2, -0.15) is 5.26 Å². The molecular weight excluding hydrogens is 679 g/mol. The number of amides is 1. The maximum Gasteiger partial charge on any atom is 0.256 e. The smallest absolute Gasteiger partial charge is 0.256 e. The first-order valence-corrected chi connectivity index (χ1v) is 17.4. The lowest BCUT2D eigenvalue weighted by Crippen LogP contribution is -2.47. The molecule has 0 radical (unpaired) electrons. The zero-order valence-electron chi connectivity index (χ0n) is 28.1. The second-order valence-electron chi connectivity index (χ2n) is 12.3. The van der Waals surface area contributed by atoms with Gasteiger partial charge in [0.2, 0.25) is 0 Å². The molecule has 0 saturated carbocycles. The third-order valence-electron chi connectivity index (χ3n) is 9.26. The second-order valence-corrected chi connectivity index (χ2v) is 13.1. The minimum absolute atomic E-state index is 0.0836. The number of piperazine rings is 1. The molecule has 1 unspecified atom stereocenters. The number of nitriles is 1. The number of nitrogens with one attached hydrogen (secondary N) is 1. The number of aromatic nitrogens is 1. The van der Waals surface area contributed by atoms with Crippen molar-refractivity contribution in [1.82, 2.24) is 19.7 Å². The van der Waals surface area contributed by atoms with Crippen LogP contribution in [0.5, 0.6) is 17.2 Å². The van der Waals surface area contributed by atoms with Gasteiger partial charge in [-0.3, -0.25) is 9.78 Å². The molecule has 1 saturated heterocycles. The molecule has 2 aliphatic heterocycles. The Kier molecular flexibility index (Phi) is 11.5. The molecule has 1 aromatic heterocycles. The summed E-state index contributed by atoms with van der Waals surface area (Å²) in [7, 11) is 3.10. The molecule has 3 aromatic carbocycles. The Balaban J connectivity index is 0.971. The fraction of sp³-hybridized carbons (Fsp3) is 0.378. The summed E-state index contributed by atoms with van der Waals surface area (Å²) in [6.45, 7) is 6.93. The van der Waals surface area contributed by atoms with Crippen molar-refractivity contribution >= 4 is 51.4 Å². The number of carbonyl (C=O) groups is 1. The lowest BCUT2D eigenvalue weighted by atomic mass is 10.1. The summed E-state index contributed by atoms with van der Waals surface area (Å²) < 4.78 is 17.2. The van der Waals surface area contributed by atoms with Crippen LogP contribution in [-0.2, 0) is 0 Å². The van der Waals surface area contributed by atoms with E-state index in [1.54, 1.807) is 30.2 Å². The number of carbonyl (C=O) groups excluding carboxylic acids is 1. The fourth-order valence-corrected chi connectivity index (χ4v) is 7.01. The van der Waals surface area contributed by atoms with Crippen LogP contribution in [0.25, 0.3) is 10.9 Å². The van der Waals surface area contributed by atoms with Crippen LogP contribution < -0.4 is 19.5 Å². The van der Waals surface area contributed by atoms with Crippen LogP contribution in [0.3, 0.4) is 0 Å². The number of methoxy groups -OCH3 is 2. The van der Waals surface area contributed by atoms with Gasteiger partial charge in [-0.25, -0.2) is 0 Å². The highest BCUT2D eigenvalue weighted by Crippen LogP contribution is 2.40. The van der Waals surface area contributed by atoms with Crippen molar-refractivity contribution in [2.75, 3.05) is 72.0 Å². The van der Waals surface area contributed by atoms with Crippen molar-refractivity contribution in [2.45, 2.75) is 25.5 Å². The molecule has 1 fully saturated rings. The zero-order valence-corrected chi connectivity index (χ0v) is 29.6. The van der Waals surface area contributed by atoms with E-state index >= 15 is 0 Å². The van der Waals surface area contributed by atoms with Gasteiger partial charge in [-0.15, -0.1) is 0 Å². The predicted molar refractivity (Wildman–Crippen MR) is 194 cm³/mol. The summed E-state index contributed by atoms with van der Waals surface area (Å²) in [5.41, 5.74) is 3.33. The van der Waals surface area contributed by atoms with E-state index in [-0.39, 0.29) is 5.91 Å². The molecule has 0 aliphatic carbocycles. The maximum absolute atomic E-state index is 12.6. The average Bonchev–Trinajstić information content (AvgIpc) is 3.38. The Hall–Kier alpha value is -4.31. The minimum atomic E-state index is -0.843. The van der Waals surface area contributed by atoms with Gasteiger partial charge in [0, 0.05) is 74.1 Å². The Labute approximate surface area is 301 Å². The van der Waals surface area contributed by atoms with Crippen molar-refractivity contribution in [3.63, 3.8) is 0 Å². The number of rotatable bonds is 14. The number of aliphatic hydroxyl groups excluding tert-OH is 1. The van der Waals surface area contributed by atoms with Crippen LogP contribution >= 0.6 is 23.2 Å². The third-order valence-corrected chi connectivity index (χ3v) is 9.87. The van der Waals surface area contributed by atoms with Crippen LogP contribution in [0.1, 0.15) is 47.0 Å². The molecule has 50 heavy (non-hydrogen) atoms. The highest BCUT2D eigenvalue weighted by molar-refractivity contribution is 6.37. The van der Waals surface area contributed by atoms with E-state index in [2.05, 4.69) is 26.2 Å². The highest BCUT2D eigenvalue weighted by Gasteiger charge is 2.34. The van der Waals surface area contributed by atoms with Gasteiger partial charge in [-0.1, -0.05) is 41.4 Å². The molecule has 11 nitrogen and oxygen atoms in total. The number of anilines is 2. The molecule has 4 aromatic rings. The zero-order chi connectivity index (χ0) is 35.2. The lowest BCUT2D eigenvalue weighted by Gasteiger charge is -2.34. The number of hydrogen-bond acceptors (Lipinski definition) is 10. The quantitative estimate of drug-likeness (QED) is 0.140. The number of aliphatic hydroxyl groups is 1. The van der Waals surface area contributed by atoms with Gasteiger partial charge in [0.15, 0.2) is 17.7 Å². The van der Waals surface area contributed by atoms with E-state index in [1.165, 1.54) is 13.3 Å². The van der Waals surface area contributed by atoms with Crippen molar-refractivity contribution in [3.05, 3.63) is 81.5 Å². The van der Waals surface area contributed by atoms with Crippen molar-refractivity contribution < 1.29 is 24.1 Å². The van der Waals surface area contributed by atoms with E-state index in [9.17, 15) is 15.2 Å². The van der Waals surface area contributed by atoms with Gasteiger partial charge in [-0.05, 0) is 44.0 Å². The summed E-state index contributed by atoms with van der Waals surface area (Å²) in [6.07, 6.45) is 3.34. The van der Waals surface area contributed by atoms with Crippen LogP contribution in [0.4, 0.5) is 11.4 Å². The predicted octanol–water partition coefficient (Wildman–Crippen LogP) is 6.49. The molecule has 1 atom stereocenters. The maximum atomic E-state index is 12.6. The number of nitrogens with zero attached hydrogens (tertiary/aromatic N) is 5. The summed E-state index contributed by atoms with van der Waals surface area (Å²) >= 11 is 12.7. The Bertz CT molecular complexity index is 1890. The molecule has 6 rings (SSSR count). The first-order chi connectivity index (χ1) is 24.3. The van der Waals surface area contributed by atoms with E-state index < -0.39 is 6.23 Å². The summed E-state index contributed by atoms with van der Waals surface area (Å²) in [4.78, 5) is 23.7. The summed E-state index contributed by atoms with van der Waals surface area (Å²) in [5.74, 6) is 1.47. The van der Waals surface area contributed by atoms with E-state index in [0.29, 0.717) is 79.4 Å². The van der Waals surface area contributed by atoms with E-state index in [4.69, 9.17) is 37.4 Å². The molecule has 2 N–H and O–H groups in total. The Morgan fingerprint density at radius 1 is 0.920 bits per heavy atom. The molecule has 0 spiro atoms. The standard InChI is InChI=1S/C37H40Cl2N6O5/c1-48-32-21-31(28(38)19-29(32)39)42-35-24(22-40)23-41-30-20-34(33(49-2)18-27(30)35)50-17-7-11-44-15-13-43(14-16-44)10-5-6-12-45-36(46)25-8-3-4-9-26(25)37(45)47/h3-4,8-9,18-21,23,36,46H,5-7,10-17H2,1-2H3,(H,41,42). The SMILES string of the molecule is COc1cc(Nc2c(C#N)cnc3cc(OCCCN4CCN(CCCCN5C(=O)c6ccccc6C5O)CC4)c(OC)cc23)c(Cl)cc1Cl. The normalized spacial score (nSPS) is 16.4. The number of fused-ring (bicyclic) bond motifs is 2. The van der Waals surface area contributed by atoms with Crippen molar-refractivity contribution in [1.29, 1.82) is 5.26 Å². The topological polar surface area (TPSA) is 123 Å². The third kappa shape index (κ3) is 7.70. The van der Waals surface area contributed by atoms with Crippen LogP contribution in [0, 0.1) is 11.3 Å². The molecule has 3 heterocycles. The van der Waals surface area contributed by atoms with Gasteiger partial charge in [0.25, 0.3) is 5.91 Å². The molecule has 262 valence electrons. The van der Waals surface area contributed by atoms with Crippen molar-refractivity contribution in [3.8, 4) is 23.3 Å². The van der Waals surface area contributed by atoms with Gasteiger partial charge < -0.3 is 39.3 Å². The average molecular weight is 720 g/mol. The number of benzene rings is 3. The first-order valence-electron chi connectivity index (χ1n) is 16.7. The summed E-state index contributed by atoms with van der Waals surface area (Å²) in [6, 6.07) is 16.4. The Morgan fingerprint density at radius 3 is 2.32 bits per heavy atom.